The van der Waals surface area contributed by atoms with Crippen LogP contribution in [0.15, 0.2) is 0 Å². The van der Waals surface area contributed by atoms with Gasteiger partial charge in [0.15, 0.2) is 0 Å². The van der Waals surface area contributed by atoms with E-state index in [0.29, 0.717) is 6.54 Å². The third-order valence-electron chi connectivity index (χ3n) is 3.86. The molecule has 3 N–H and O–H groups in total. The Kier molecular flexibility index (Phi) is 5.21. The van der Waals surface area contributed by atoms with E-state index in [2.05, 4.69) is 4.72 Å². The van der Waals surface area contributed by atoms with Crippen molar-refractivity contribution in [2.24, 2.45) is 5.73 Å². The van der Waals surface area contributed by atoms with Gasteiger partial charge in [-0.3, -0.25) is 0 Å². The third-order valence-corrected chi connectivity index (χ3v) is 6.17. The van der Waals surface area contributed by atoms with Gasteiger partial charge in [0.05, 0.1) is 4.75 Å². The minimum absolute atomic E-state index is 0.391. The van der Waals surface area contributed by atoms with Crippen molar-refractivity contribution in [1.82, 2.24) is 4.72 Å². The summed E-state index contributed by atoms with van der Waals surface area (Å²) in [7, 11) is -3.33. The van der Waals surface area contributed by atoms with Crippen molar-refractivity contribution in [2.75, 3.05) is 6.54 Å². The largest absolute Gasteiger partial charge is 0.329 e. The summed E-state index contributed by atoms with van der Waals surface area (Å²) in [6, 6.07) is 0. The van der Waals surface area contributed by atoms with Crippen LogP contribution in [0, 0.1) is 0 Å². The third kappa shape index (κ3) is 3.93. The molecule has 1 rings (SSSR count). The number of hydrogen-bond donors (Lipinski definition) is 2. The molecule has 5 heteroatoms. The molecule has 0 spiro atoms. The van der Waals surface area contributed by atoms with E-state index in [1.807, 2.05) is 0 Å². The fourth-order valence-corrected chi connectivity index (χ4v) is 3.53. The van der Waals surface area contributed by atoms with Crippen molar-refractivity contribution in [3.63, 3.8) is 0 Å². The molecule has 0 aromatic carbocycles. The molecule has 0 saturated heterocycles. The lowest BCUT2D eigenvalue weighted by Crippen LogP contribution is -2.57. The highest BCUT2D eigenvalue weighted by atomic mass is 32.2. The Labute approximate surface area is 112 Å². The van der Waals surface area contributed by atoms with Crippen LogP contribution in [-0.4, -0.2) is 25.2 Å². The number of nitrogens with two attached hydrogens (primary N) is 1. The van der Waals surface area contributed by atoms with E-state index in [4.69, 9.17) is 5.73 Å². The molecule has 0 aromatic heterocycles. The van der Waals surface area contributed by atoms with Gasteiger partial charge in [0, 0.05) is 12.1 Å². The monoisotopic (exact) mass is 276 g/mol. The fourth-order valence-electron chi connectivity index (χ4n) is 2.37. The van der Waals surface area contributed by atoms with Crippen molar-refractivity contribution in [3.05, 3.63) is 0 Å². The highest BCUT2D eigenvalue weighted by Gasteiger charge is 2.38. The first-order valence-electron chi connectivity index (χ1n) is 6.96. The van der Waals surface area contributed by atoms with Gasteiger partial charge in [-0.05, 0) is 33.6 Å². The molecule has 1 fully saturated rings. The molecule has 0 unspecified atom stereocenters. The molecule has 0 bridgehead atoms. The average Bonchev–Trinajstić information content (AvgIpc) is 2.20. The van der Waals surface area contributed by atoms with Crippen LogP contribution in [-0.2, 0) is 10.0 Å². The second-order valence-electron chi connectivity index (χ2n) is 6.47. The summed E-state index contributed by atoms with van der Waals surface area (Å²) < 4.78 is 26.8. The first kappa shape index (κ1) is 15.9. The Bertz CT molecular complexity index is 350. The Morgan fingerprint density at radius 1 is 1.06 bits per heavy atom. The molecule has 108 valence electrons. The number of rotatable bonds is 3. The lowest BCUT2D eigenvalue weighted by atomic mass is 9.85. The highest BCUT2D eigenvalue weighted by Crippen LogP contribution is 2.28. The summed E-state index contributed by atoms with van der Waals surface area (Å²) in [5.74, 6) is 0. The molecule has 0 amide bonds. The van der Waals surface area contributed by atoms with E-state index in [-0.39, 0.29) is 0 Å². The zero-order valence-corrected chi connectivity index (χ0v) is 12.8. The smallest absolute Gasteiger partial charge is 0.217 e. The summed E-state index contributed by atoms with van der Waals surface area (Å²) in [5.41, 5.74) is 5.46. The molecule has 0 heterocycles. The van der Waals surface area contributed by atoms with Crippen molar-refractivity contribution in [2.45, 2.75) is 76.0 Å². The van der Waals surface area contributed by atoms with Gasteiger partial charge in [0.2, 0.25) is 10.0 Å². The van der Waals surface area contributed by atoms with Crippen LogP contribution in [0.2, 0.25) is 0 Å². The Morgan fingerprint density at radius 3 is 1.89 bits per heavy atom. The molecule has 0 aliphatic heterocycles. The van der Waals surface area contributed by atoms with E-state index >= 15 is 0 Å². The van der Waals surface area contributed by atoms with Crippen LogP contribution in [0.4, 0.5) is 0 Å². The van der Waals surface area contributed by atoms with E-state index in [9.17, 15) is 8.42 Å². The maximum absolute atomic E-state index is 12.3. The Hall–Kier alpha value is -0.130. The van der Waals surface area contributed by atoms with E-state index < -0.39 is 20.3 Å². The zero-order chi connectivity index (χ0) is 13.9. The molecule has 0 atom stereocenters. The van der Waals surface area contributed by atoms with Gasteiger partial charge in [-0.25, -0.2) is 13.1 Å². The fraction of sp³-hybridized carbons (Fsp3) is 1.00. The van der Waals surface area contributed by atoms with Gasteiger partial charge >= 0.3 is 0 Å². The zero-order valence-electron chi connectivity index (χ0n) is 12.0. The standard InChI is InChI=1S/C13H28N2O2S/c1-12(2,3)18(16,17)15-13(11-14)9-7-5-4-6-8-10-13/h15H,4-11,14H2,1-3H3. The van der Waals surface area contributed by atoms with Gasteiger partial charge < -0.3 is 5.73 Å². The van der Waals surface area contributed by atoms with Gasteiger partial charge in [0.1, 0.15) is 0 Å². The molecular formula is C13H28N2O2S. The molecule has 0 radical (unpaired) electrons. The predicted molar refractivity (Wildman–Crippen MR) is 75.9 cm³/mol. The van der Waals surface area contributed by atoms with E-state index in [0.717, 1.165) is 25.7 Å². The first-order valence-corrected chi connectivity index (χ1v) is 8.44. The highest BCUT2D eigenvalue weighted by molar-refractivity contribution is 7.90. The van der Waals surface area contributed by atoms with Gasteiger partial charge in [-0.2, -0.15) is 0 Å². The van der Waals surface area contributed by atoms with Gasteiger partial charge in [-0.1, -0.05) is 32.1 Å². The SMILES string of the molecule is CC(C)(C)S(=O)(=O)NC1(CN)CCCCCCC1. The number of sulfonamides is 1. The second kappa shape index (κ2) is 5.88. The topological polar surface area (TPSA) is 72.2 Å². The summed E-state index contributed by atoms with van der Waals surface area (Å²) in [5, 5.41) is 0. The minimum atomic E-state index is -3.33. The molecule has 0 aromatic rings. The summed E-state index contributed by atoms with van der Waals surface area (Å²) in [6.07, 6.45) is 7.45. The summed E-state index contributed by atoms with van der Waals surface area (Å²) >= 11 is 0. The number of nitrogens with one attached hydrogen (secondary N) is 1. The van der Waals surface area contributed by atoms with Crippen LogP contribution in [0.3, 0.4) is 0 Å². The lowest BCUT2D eigenvalue weighted by molar-refractivity contribution is 0.293. The van der Waals surface area contributed by atoms with Crippen molar-refractivity contribution < 1.29 is 8.42 Å². The van der Waals surface area contributed by atoms with E-state index in [1.165, 1.54) is 19.3 Å². The normalized spacial score (nSPS) is 22.2. The maximum atomic E-state index is 12.3. The van der Waals surface area contributed by atoms with Crippen LogP contribution >= 0.6 is 0 Å². The second-order valence-corrected chi connectivity index (χ2v) is 8.91. The Balaban J connectivity index is 2.87. The molecular weight excluding hydrogens is 248 g/mol. The minimum Gasteiger partial charge on any atom is -0.329 e. The molecule has 1 aliphatic carbocycles. The molecule has 1 saturated carbocycles. The lowest BCUT2D eigenvalue weighted by Gasteiger charge is -2.37. The van der Waals surface area contributed by atoms with Crippen molar-refractivity contribution in [3.8, 4) is 0 Å². The van der Waals surface area contributed by atoms with Crippen molar-refractivity contribution in [1.29, 1.82) is 0 Å². The number of hydrogen-bond acceptors (Lipinski definition) is 3. The molecule has 18 heavy (non-hydrogen) atoms. The quantitative estimate of drug-likeness (QED) is 0.829. The Morgan fingerprint density at radius 2 is 1.50 bits per heavy atom. The van der Waals surface area contributed by atoms with Crippen LogP contribution < -0.4 is 10.5 Å². The van der Waals surface area contributed by atoms with E-state index in [1.54, 1.807) is 20.8 Å². The predicted octanol–water partition coefficient (Wildman–Crippen LogP) is 2.15. The van der Waals surface area contributed by atoms with Crippen LogP contribution in [0.25, 0.3) is 0 Å². The van der Waals surface area contributed by atoms with Crippen LogP contribution in [0.1, 0.15) is 65.7 Å². The van der Waals surface area contributed by atoms with Gasteiger partial charge in [-0.15, -0.1) is 0 Å². The molecule has 4 nitrogen and oxygen atoms in total. The summed E-state index contributed by atoms with van der Waals surface area (Å²) in [4.78, 5) is 0. The first-order chi connectivity index (χ1) is 8.22. The van der Waals surface area contributed by atoms with Gasteiger partial charge in [0.25, 0.3) is 0 Å². The van der Waals surface area contributed by atoms with Crippen LogP contribution in [0.5, 0.6) is 0 Å². The summed E-state index contributed by atoms with van der Waals surface area (Å²) in [6.45, 7) is 5.57. The maximum Gasteiger partial charge on any atom is 0.217 e. The molecule has 1 aliphatic rings. The average molecular weight is 276 g/mol. The van der Waals surface area contributed by atoms with Crippen molar-refractivity contribution >= 4 is 10.0 Å².